The molecule has 36 heavy (non-hydrogen) atoms. The maximum atomic E-state index is 13.7. The Morgan fingerprint density at radius 2 is 1.61 bits per heavy atom. The van der Waals surface area contributed by atoms with Gasteiger partial charge in [-0.3, -0.25) is 13.6 Å². The van der Waals surface area contributed by atoms with Crippen LogP contribution in [0, 0.1) is 6.92 Å². The minimum atomic E-state index is -4.21. The number of carbonyl (C=O) groups excluding carboxylic acids is 2. The second kappa shape index (κ2) is 14.0. The molecule has 202 valence electrons. The number of nitrogens with zero attached hydrogens (tertiary/aromatic N) is 4. The minimum absolute atomic E-state index is 0.0326. The van der Waals surface area contributed by atoms with Crippen LogP contribution in [-0.4, -0.2) is 76.8 Å². The van der Waals surface area contributed by atoms with Crippen molar-refractivity contribution in [3.8, 4) is 0 Å². The number of halogens is 1. The molecule has 1 atom stereocenters. The number of aryl methyl sites for hydroxylation is 1. The Balaban J connectivity index is 2.01. The van der Waals surface area contributed by atoms with E-state index in [2.05, 4.69) is 24.5 Å². The molecule has 0 aliphatic carbocycles. The first-order valence-corrected chi connectivity index (χ1v) is 12.6. The van der Waals surface area contributed by atoms with Gasteiger partial charge in [0.2, 0.25) is 13.6 Å². The number of aromatic nitrogens is 4. The van der Waals surface area contributed by atoms with E-state index >= 15 is 0 Å². The molecule has 0 saturated heterocycles. The third-order valence-corrected chi connectivity index (χ3v) is 5.62. The van der Waals surface area contributed by atoms with Crippen molar-refractivity contribution in [2.75, 3.05) is 26.6 Å². The first-order chi connectivity index (χ1) is 17.0. The summed E-state index contributed by atoms with van der Waals surface area (Å²) in [5.41, 5.74) is 1.04. The van der Waals surface area contributed by atoms with Crippen molar-refractivity contribution in [2.24, 2.45) is 0 Å². The number of ether oxygens (including phenoxy) is 5. The quantitative estimate of drug-likeness (QED) is 0.196. The molecule has 0 saturated carbocycles. The Hall–Kier alpha value is -2.87. The Kier molecular flexibility index (Phi) is 11.4. The van der Waals surface area contributed by atoms with Crippen LogP contribution in [0.2, 0.25) is 0 Å². The lowest BCUT2D eigenvalue weighted by molar-refractivity contribution is -0.0377. The molecular formula is C20H30FN4O10P. The highest BCUT2D eigenvalue weighted by molar-refractivity contribution is 7.53. The summed E-state index contributed by atoms with van der Waals surface area (Å²) in [7, 11) is -4.21. The molecular weight excluding hydrogens is 506 g/mol. The first kappa shape index (κ1) is 29.4. The van der Waals surface area contributed by atoms with Crippen LogP contribution in [0.1, 0.15) is 39.1 Å². The molecule has 0 bridgehead atoms. The van der Waals surface area contributed by atoms with Crippen molar-refractivity contribution < 1.29 is 51.3 Å². The van der Waals surface area contributed by atoms with Crippen LogP contribution in [0.25, 0.3) is 5.65 Å². The maximum Gasteiger partial charge on any atom is 0.510 e. The molecule has 2 aromatic heterocycles. The Bertz CT molecular complexity index is 1020. The molecule has 14 nitrogen and oxygen atoms in total. The summed E-state index contributed by atoms with van der Waals surface area (Å²) >= 11 is 0. The van der Waals surface area contributed by atoms with E-state index in [0.29, 0.717) is 17.0 Å². The van der Waals surface area contributed by atoms with Gasteiger partial charge in [0.05, 0.1) is 24.5 Å². The molecule has 0 aliphatic rings. The second-order valence-electron chi connectivity index (χ2n) is 7.83. The Morgan fingerprint density at radius 3 is 2.14 bits per heavy atom. The zero-order valence-electron chi connectivity index (χ0n) is 20.6. The van der Waals surface area contributed by atoms with E-state index in [1.165, 1.54) is 17.0 Å². The van der Waals surface area contributed by atoms with E-state index in [-0.39, 0.29) is 6.42 Å². The molecule has 0 aromatic carbocycles. The van der Waals surface area contributed by atoms with Crippen LogP contribution < -0.4 is 0 Å². The molecule has 16 heteroatoms. The summed E-state index contributed by atoms with van der Waals surface area (Å²) in [6, 6.07) is 0. The smallest absolute Gasteiger partial charge is 0.432 e. The van der Waals surface area contributed by atoms with Gasteiger partial charge in [-0.05, 0) is 34.6 Å². The lowest BCUT2D eigenvalue weighted by Gasteiger charge is -2.21. The van der Waals surface area contributed by atoms with Crippen molar-refractivity contribution in [3.05, 3.63) is 23.9 Å². The molecule has 2 rings (SSSR count). The van der Waals surface area contributed by atoms with Gasteiger partial charge in [0.1, 0.15) is 25.2 Å². The van der Waals surface area contributed by atoms with Gasteiger partial charge in [-0.1, -0.05) is 0 Å². The molecule has 0 radical (unpaired) electrons. The van der Waals surface area contributed by atoms with E-state index in [4.69, 9.17) is 23.3 Å². The van der Waals surface area contributed by atoms with E-state index < -0.39 is 64.8 Å². The van der Waals surface area contributed by atoms with E-state index in [1.54, 1.807) is 34.6 Å². The SMILES string of the molecule is Cc1ncnc2c(CC(CF)OCP(=O)(OCOC(=O)OC(C)C)OCOC(=O)OC(C)C)cnn12. The van der Waals surface area contributed by atoms with Gasteiger partial charge in [-0.2, -0.15) is 5.10 Å². The molecule has 1 unspecified atom stereocenters. The number of hydrogen-bond acceptors (Lipinski definition) is 13. The highest BCUT2D eigenvalue weighted by Crippen LogP contribution is 2.48. The van der Waals surface area contributed by atoms with E-state index in [1.807, 2.05) is 0 Å². The largest absolute Gasteiger partial charge is 0.510 e. The average Bonchev–Trinajstić information content (AvgIpc) is 3.19. The van der Waals surface area contributed by atoms with Crippen molar-refractivity contribution in [2.45, 2.75) is 59.4 Å². The summed E-state index contributed by atoms with van der Waals surface area (Å²) in [5.74, 6) is 0.585. The summed E-state index contributed by atoms with van der Waals surface area (Å²) in [6.07, 6.45) is -1.99. The minimum Gasteiger partial charge on any atom is -0.432 e. The lowest BCUT2D eigenvalue weighted by Crippen LogP contribution is -2.21. The first-order valence-electron chi connectivity index (χ1n) is 10.9. The van der Waals surface area contributed by atoms with Crippen LogP contribution in [0.3, 0.4) is 0 Å². The summed E-state index contributed by atoms with van der Waals surface area (Å²) < 4.78 is 62.8. The van der Waals surface area contributed by atoms with Crippen LogP contribution in [0.4, 0.5) is 14.0 Å². The third kappa shape index (κ3) is 9.64. The van der Waals surface area contributed by atoms with Crippen molar-refractivity contribution in [1.29, 1.82) is 0 Å². The predicted molar refractivity (Wildman–Crippen MR) is 120 cm³/mol. The average molecular weight is 536 g/mol. The normalized spacial score (nSPS) is 12.7. The molecule has 0 fully saturated rings. The predicted octanol–water partition coefficient (Wildman–Crippen LogP) is 3.55. The van der Waals surface area contributed by atoms with Crippen LogP contribution in [0.5, 0.6) is 0 Å². The Morgan fingerprint density at radius 1 is 1.03 bits per heavy atom. The molecule has 2 heterocycles. The van der Waals surface area contributed by atoms with Crippen molar-refractivity contribution in [1.82, 2.24) is 19.6 Å². The van der Waals surface area contributed by atoms with Crippen LogP contribution in [-0.2, 0) is 43.7 Å². The molecule has 2 aromatic rings. The maximum absolute atomic E-state index is 13.7. The van der Waals surface area contributed by atoms with Gasteiger partial charge in [-0.15, -0.1) is 0 Å². The molecule has 0 spiro atoms. The monoisotopic (exact) mass is 536 g/mol. The number of rotatable bonds is 14. The fraction of sp³-hybridized carbons (Fsp3) is 0.650. The van der Waals surface area contributed by atoms with E-state index in [9.17, 15) is 18.5 Å². The zero-order chi connectivity index (χ0) is 26.7. The van der Waals surface area contributed by atoms with Crippen LogP contribution >= 0.6 is 7.60 Å². The summed E-state index contributed by atoms with van der Waals surface area (Å²) in [5, 5.41) is 4.16. The lowest BCUT2D eigenvalue weighted by atomic mass is 10.1. The zero-order valence-corrected chi connectivity index (χ0v) is 21.5. The molecule has 0 N–H and O–H groups in total. The van der Waals surface area contributed by atoms with Gasteiger partial charge in [-0.25, -0.2) is 28.5 Å². The fourth-order valence-corrected chi connectivity index (χ4v) is 3.63. The van der Waals surface area contributed by atoms with Gasteiger partial charge in [0, 0.05) is 12.0 Å². The van der Waals surface area contributed by atoms with Crippen LogP contribution in [0.15, 0.2) is 12.5 Å². The highest BCUT2D eigenvalue weighted by atomic mass is 31.2. The van der Waals surface area contributed by atoms with Gasteiger partial charge >= 0.3 is 19.9 Å². The highest BCUT2D eigenvalue weighted by Gasteiger charge is 2.30. The van der Waals surface area contributed by atoms with Gasteiger partial charge in [0.15, 0.2) is 5.65 Å². The number of alkyl halides is 1. The van der Waals surface area contributed by atoms with E-state index in [0.717, 1.165) is 0 Å². The van der Waals surface area contributed by atoms with Crippen molar-refractivity contribution >= 4 is 25.6 Å². The summed E-state index contributed by atoms with van der Waals surface area (Å²) in [6.45, 7) is 5.55. The standard InChI is InChI=1S/C20H30FN4O10P/c1-13(2)34-19(26)29-10-32-36(28,33-11-30-20(27)35-14(3)4)12-31-17(7-21)6-16-8-24-25-15(5)22-9-23-18(16)25/h8-9,13-14,17H,6-7,10-12H2,1-5H3. The van der Waals surface area contributed by atoms with Gasteiger partial charge in [0.25, 0.3) is 0 Å². The fourth-order valence-electron chi connectivity index (χ4n) is 2.59. The van der Waals surface area contributed by atoms with Crippen molar-refractivity contribution in [3.63, 3.8) is 0 Å². The number of carbonyl (C=O) groups is 2. The topological polar surface area (TPSA) is 159 Å². The number of hydrogen-bond donors (Lipinski definition) is 0. The molecule has 0 aliphatic heterocycles. The Labute approximate surface area is 206 Å². The number of fused-ring (bicyclic) bond motifs is 1. The molecule has 0 amide bonds. The van der Waals surface area contributed by atoms with Gasteiger partial charge < -0.3 is 23.7 Å². The third-order valence-electron chi connectivity index (χ3n) is 4.15. The second-order valence-corrected chi connectivity index (χ2v) is 9.83. The summed E-state index contributed by atoms with van der Waals surface area (Å²) in [4.78, 5) is 31.2.